The highest BCUT2D eigenvalue weighted by Gasteiger charge is 2.48. The van der Waals surface area contributed by atoms with Crippen molar-refractivity contribution < 1.29 is 9.53 Å². The van der Waals surface area contributed by atoms with E-state index in [1.165, 1.54) is 17.8 Å². The largest absolute Gasteiger partial charge is 0.372 e. The summed E-state index contributed by atoms with van der Waals surface area (Å²) in [5, 5.41) is 0. The topological polar surface area (TPSA) is 55.6 Å². The van der Waals surface area contributed by atoms with E-state index in [4.69, 9.17) is 10.5 Å². The maximum atomic E-state index is 11.4. The van der Waals surface area contributed by atoms with Crippen LogP contribution in [0.15, 0.2) is 12.1 Å². The lowest BCUT2D eigenvalue weighted by Crippen LogP contribution is -2.48. The molecule has 0 radical (unpaired) electrons. The Morgan fingerprint density at radius 2 is 2.19 bits per heavy atom. The predicted octanol–water partition coefficient (Wildman–Crippen LogP) is 2.69. The van der Waals surface area contributed by atoms with Crippen molar-refractivity contribution in [3.8, 4) is 0 Å². The van der Waals surface area contributed by atoms with Crippen LogP contribution in [0.5, 0.6) is 0 Å². The molecule has 1 aromatic rings. The molecule has 1 amide bonds. The first-order chi connectivity index (χ1) is 9.91. The van der Waals surface area contributed by atoms with Crippen molar-refractivity contribution in [3.05, 3.63) is 21.9 Å². The minimum absolute atomic E-state index is 0.305. The number of hydrogen-bond donors (Lipinski definition) is 1. The number of thiophene rings is 1. The van der Waals surface area contributed by atoms with Crippen molar-refractivity contribution in [3.63, 3.8) is 0 Å². The van der Waals surface area contributed by atoms with Crippen LogP contribution in [-0.4, -0.2) is 38.6 Å². The Labute approximate surface area is 131 Å². The summed E-state index contributed by atoms with van der Waals surface area (Å²) in [6.45, 7) is 3.25. The summed E-state index contributed by atoms with van der Waals surface area (Å²) in [7, 11) is 6.00. The molecule has 0 spiro atoms. The first-order valence-corrected chi connectivity index (χ1v) is 8.33. The first-order valence-electron chi connectivity index (χ1n) is 7.51. The zero-order valence-electron chi connectivity index (χ0n) is 13.4. The van der Waals surface area contributed by atoms with Gasteiger partial charge in [-0.2, -0.15) is 0 Å². The highest BCUT2D eigenvalue weighted by molar-refractivity contribution is 7.14. The molecule has 1 aromatic heterocycles. The number of amides is 1. The Morgan fingerprint density at radius 1 is 1.48 bits per heavy atom. The Hall–Kier alpha value is -0.910. The molecular formula is C16H26N2O2S. The van der Waals surface area contributed by atoms with Gasteiger partial charge in [0, 0.05) is 24.4 Å². The van der Waals surface area contributed by atoms with E-state index in [1.54, 1.807) is 7.11 Å². The molecule has 3 unspecified atom stereocenters. The zero-order chi connectivity index (χ0) is 15.6. The summed E-state index contributed by atoms with van der Waals surface area (Å²) in [4.78, 5) is 15.4. The summed E-state index contributed by atoms with van der Waals surface area (Å²) < 4.78 is 6.12. The number of rotatable bonds is 5. The van der Waals surface area contributed by atoms with Gasteiger partial charge in [0.15, 0.2) is 0 Å². The second-order valence-electron chi connectivity index (χ2n) is 6.32. The number of nitrogens with two attached hydrogens (primary N) is 1. The molecule has 2 rings (SSSR count). The SMILES string of the molecule is COC1(c2ccc(C(N)=O)s2)C(C)CCCC1CN(C)C. The standard InChI is InChI=1S/C16H26N2O2S/c1-11-6-5-7-12(10-18(2)3)16(11,20-4)14-9-8-13(21-14)15(17)19/h8-9,11-12H,5-7,10H2,1-4H3,(H2,17,19). The maximum Gasteiger partial charge on any atom is 0.258 e. The Morgan fingerprint density at radius 3 is 2.71 bits per heavy atom. The molecule has 3 atom stereocenters. The van der Waals surface area contributed by atoms with Crippen molar-refractivity contribution in [2.24, 2.45) is 17.6 Å². The van der Waals surface area contributed by atoms with Crippen molar-refractivity contribution >= 4 is 17.2 Å². The fourth-order valence-corrected chi connectivity index (χ4v) is 4.98. The third-order valence-corrected chi connectivity index (χ3v) is 5.92. The van der Waals surface area contributed by atoms with Crippen LogP contribution in [0.25, 0.3) is 0 Å². The van der Waals surface area contributed by atoms with E-state index in [0.29, 0.717) is 16.7 Å². The molecule has 1 heterocycles. The number of nitrogens with zero attached hydrogens (tertiary/aromatic N) is 1. The summed E-state index contributed by atoms with van der Waals surface area (Å²) in [5.74, 6) is 0.506. The van der Waals surface area contributed by atoms with Crippen LogP contribution in [0.1, 0.15) is 40.7 Å². The van der Waals surface area contributed by atoms with Gasteiger partial charge in [0.25, 0.3) is 5.91 Å². The normalized spacial score (nSPS) is 29.8. The van der Waals surface area contributed by atoms with Gasteiger partial charge in [0.2, 0.25) is 0 Å². The highest BCUT2D eigenvalue weighted by Crippen LogP contribution is 2.50. The van der Waals surface area contributed by atoms with E-state index in [9.17, 15) is 4.79 Å². The smallest absolute Gasteiger partial charge is 0.258 e. The fourth-order valence-electron chi connectivity index (χ4n) is 3.76. The van der Waals surface area contributed by atoms with Crippen LogP contribution in [0, 0.1) is 11.8 Å². The zero-order valence-corrected chi connectivity index (χ0v) is 14.2. The van der Waals surface area contributed by atoms with Gasteiger partial charge in [-0.25, -0.2) is 0 Å². The first kappa shape index (κ1) is 16.5. The van der Waals surface area contributed by atoms with Crippen molar-refractivity contribution in [2.45, 2.75) is 31.8 Å². The predicted molar refractivity (Wildman–Crippen MR) is 86.6 cm³/mol. The molecule has 4 nitrogen and oxygen atoms in total. The van der Waals surface area contributed by atoms with Gasteiger partial charge in [-0.1, -0.05) is 13.3 Å². The average molecular weight is 310 g/mol. The quantitative estimate of drug-likeness (QED) is 0.909. The third kappa shape index (κ3) is 3.00. The Bertz CT molecular complexity index is 500. The molecular weight excluding hydrogens is 284 g/mol. The van der Waals surface area contributed by atoms with Crippen LogP contribution in [-0.2, 0) is 10.3 Å². The molecule has 0 aliphatic heterocycles. The van der Waals surface area contributed by atoms with Crippen LogP contribution in [0.3, 0.4) is 0 Å². The highest BCUT2D eigenvalue weighted by atomic mass is 32.1. The lowest BCUT2D eigenvalue weighted by atomic mass is 9.68. The summed E-state index contributed by atoms with van der Waals surface area (Å²) in [6.07, 6.45) is 3.54. The number of ether oxygens (including phenoxy) is 1. The molecule has 5 heteroatoms. The minimum Gasteiger partial charge on any atom is -0.372 e. The van der Waals surface area contributed by atoms with Crippen LogP contribution < -0.4 is 5.73 Å². The second kappa shape index (κ2) is 6.46. The molecule has 1 fully saturated rings. The van der Waals surface area contributed by atoms with E-state index in [-0.39, 0.29) is 11.5 Å². The van der Waals surface area contributed by atoms with Gasteiger partial charge >= 0.3 is 0 Å². The van der Waals surface area contributed by atoms with Gasteiger partial charge in [-0.3, -0.25) is 4.79 Å². The van der Waals surface area contributed by atoms with Crippen LogP contribution in [0.4, 0.5) is 0 Å². The monoisotopic (exact) mass is 310 g/mol. The van der Waals surface area contributed by atoms with Gasteiger partial charge in [0.1, 0.15) is 5.60 Å². The lowest BCUT2D eigenvalue weighted by Gasteiger charge is -2.48. The fraction of sp³-hybridized carbons (Fsp3) is 0.688. The van der Waals surface area contributed by atoms with E-state index in [0.717, 1.165) is 24.3 Å². The molecule has 1 saturated carbocycles. The lowest BCUT2D eigenvalue weighted by molar-refractivity contribution is -0.128. The summed E-state index contributed by atoms with van der Waals surface area (Å²) in [5.41, 5.74) is 5.11. The second-order valence-corrected chi connectivity index (χ2v) is 7.40. The number of carbonyl (C=O) groups is 1. The third-order valence-electron chi connectivity index (χ3n) is 4.69. The van der Waals surface area contributed by atoms with E-state index in [2.05, 4.69) is 25.9 Å². The molecule has 0 saturated heterocycles. The maximum absolute atomic E-state index is 11.4. The van der Waals surface area contributed by atoms with Crippen molar-refractivity contribution in [1.82, 2.24) is 4.90 Å². The molecule has 2 N–H and O–H groups in total. The van der Waals surface area contributed by atoms with E-state index >= 15 is 0 Å². The molecule has 0 bridgehead atoms. The van der Waals surface area contributed by atoms with Gasteiger partial charge in [-0.05, 0) is 45.0 Å². The van der Waals surface area contributed by atoms with Gasteiger partial charge in [0.05, 0.1) is 4.88 Å². The van der Waals surface area contributed by atoms with E-state index in [1.807, 2.05) is 12.1 Å². The molecule has 21 heavy (non-hydrogen) atoms. The molecule has 0 aromatic carbocycles. The number of hydrogen-bond acceptors (Lipinski definition) is 4. The van der Waals surface area contributed by atoms with Gasteiger partial charge < -0.3 is 15.4 Å². The summed E-state index contributed by atoms with van der Waals surface area (Å²) >= 11 is 1.49. The molecule has 1 aliphatic carbocycles. The Kier molecular flexibility index (Phi) is 5.07. The van der Waals surface area contributed by atoms with Crippen LogP contribution in [0.2, 0.25) is 0 Å². The average Bonchev–Trinajstić information content (AvgIpc) is 2.89. The van der Waals surface area contributed by atoms with Crippen molar-refractivity contribution in [2.75, 3.05) is 27.7 Å². The molecule has 118 valence electrons. The van der Waals surface area contributed by atoms with Crippen LogP contribution >= 0.6 is 11.3 Å². The summed E-state index contributed by atoms with van der Waals surface area (Å²) in [6, 6.07) is 3.86. The van der Waals surface area contributed by atoms with Gasteiger partial charge in [-0.15, -0.1) is 11.3 Å². The Balaban J connectivity index is 2.43. The number of methoxy groups -OCH3 is 1. The van der Waals surface area contributed by atoms with Crippen molar-refractivity contribution in [1.29, 1.82) is 0 Å². The van der Waals surface area contributed by atoms with E-state index < -0.39 is 0 Å². The minimum atomic E-state index is -0.356. The number of carbonyl (C=O) groups excluding carboxylic acids is 1. The molecule has 1 aliphatic rings. The number of primary amides is 1.